The van der Waals surface area contributed by atoms with Gasteiger partial charge in [-0.1, -0.05) is 30.3 Å². The average Bonchev–Trinajstić information content (AvgIpc) is 2.66. The van der Waals surface area contributed by atoms with Gasteiger partial charge in [-0.2, -0.15) is 0 Å². The molecule has 26 heavy (non-hydrogen) atoms. The highest BCUT2D eigenvalue weighted by Crippen LogP contribution is 2.23. The molecule has 1 aromatic carbocycles. The van der Waals surface area contributed by atoms with E-state index in [1.165, 1.54) is 6.21 Å². The van der Waals surface area contributed by atoms with Crippen molar-refractivity contribution in [2.45, 2.75) is 25.4 Å². The number of pyridine rings is 1. The maximum absolute atomic E-state index is 12.5. The molecule has 1 aliphatic rings. The van der Waals surface area contributed by atoms with Crippen molar-refractivity contribution in [3.8, 4) is 0 Å². The minimum absolute atomic E-state index is 0.0595. The Labute approximate surface area is 153 Å². The molecule has 0 aliphatic carbocycles. The van der Waals surface area contributed by atoms with E-state index < -0.39 is 0 Å². The monoisotopic (exact) mass is 352 g/mol. The van der Waals surface area contributed by atoms with Gasteiger partial charge in [0.1, 0.15) is 5.82 Å². The first kappa shape index (κ1) is 17.9. The maximum Gasteiger partial charge on any atom is 0.320 e. The molecule has 5 N–H and O–H groups in total. The van der Waals surface area contributed by atoms with Gasteiger partial charge < -0.3 is 21.4 Å². The Kier molecular flexibility index (Phi) is 5.80. The van der Waals surface area contributed by atoms with Crippen LogP contribution in [0.5, 0.6) is 0 Å². The summed E-state index contributed by atoms with van der Waals surface area (Å²) in [7, 11) is 1.81. The van der Waals surface area contributed by atoms with Crippen molar-refractivity contribution < 1.29 is 4.79 Å². The van der Waals surface area contributed by atoms with Gasteiger partial charge in [-0.25, -0.2) is 9.78 Å². The lowest BCUT2D eigenvalue weighted by molar-refractivity contribution is 0.247. The smallest absolute Gasteiger partial charge is 0.320 e. The van der Waals surface area contributed by atoms with Crippen LogP contribution in [0.3, 0.4) is 0 Å². The molecule has 1 aromatic heterocycles. The highest BCUT2D eigenvalue weighted by atomic mass is 16.2. The quantitative estimate of drug-likeness (QED) is 0.548. The van der Waals surface area contributed by atoms with Gasteiger partial charge in [0.25, 0.3) is 0 Å². The van der Waals surface area contributed by atoms with E-state index in [-0.39, 0.29) is 12.1 Å². The number of benzene rings is 1. The van der Waals surface area contributed by atoms with Crippen molar-refractivity contribution in [2.75, 3.05) is 24.2 Å². The van der Waals surface area contributed by atoms with Crippen LogP contribution >= 0.6 is 0 Å². The predicted molar refractivity (Wildman–Crippen MR) is 104 cm³/mol. The Hall–Kier alpha value is -2.93. The van der Waals surface area contributed by atoms with Crippen molar-refractivity contribution in [1.82, 2.24) is 15.6 Å². The zero-order valence-electron chi connectivity index (χ0n) is 14.8. The molecule has 2 bridgehead atoms. The molecule has 7 nitrogen and oxygen atoms in total. The number of aromatic nitrogens is 1. The number of anilines is 2. The van der Waals surface area contributed by atoms with Gasteiger partial charge in [-0.05, 0) is 31.0 Å². The van der Waals surface area contributed by atoms with Crippen LogP contribution in [0.15, 0.2) is 36.4 Å². The summed E-state index contributed by atoms with van der Waals surface area (Å²) in [6.07, 6.45) is 3.03. The normalized spacial score (nSPS) is 17.9. The van der Waals surface area contributed by atoms with Crippen molar-refractivity contribution >= 4 is 23.8 Å². The van der Waals surface area contributed by atoms with E-state index in [1.54, 1.807) is 13.1 Å². The molecule has 2 heterocycles. The molecule has 0 saturated heterocycles. The number of rotatable bonds is 3. The van der Waals surface area contributed by atoms with Crippen LogP contribution in [0, 0.1) is 5.41 Å². The first-order chi connectivity index (χ1) is 12.7. The van der Waals surface area contributed by atoms with Crippen molar-refractivity contribution in [2.24, 2.45) is 0 Å². The fraction of sp³-hybridized carbons (Fsp3) is 0.316. The molecule has 0 fully saturated rings. The minimum atomic E-state index is -0.293. The number of urea groups is 1. The third-order valence-corrected chi connectivity index (χ3v) is 4.42. The first-order valence-electron chi connectivity index (χ1n) is 8.76. The second-order valence-electron chi connectivity index (χ2n) is 6.19. The molecule has 3 rings (SSSR count). The molecule has 1 aliphatic heterocycles. The van der Waals surface area contributed by atoms with Crippen LogP contribution < -0.4 is 21.3 Å². The summed E-state index contributed by atoms with van der Waals surface area (Å²) in [5.41, 5.74) is 3.35. The Morgan fingerprint density at radius 2 is 2.12 bits per heavy atom. The molecule has 136 valence electrons. The lowest BCUT2D eigenvalue weighted by Crippen LogP contribution is -2.34. The van der Waals surface area contributed by atoms with Gasteiger partial charge in [0.2, 0.25) is 0 Å². The van der Waals surface area contributed by atoms with Crippen molar-refractivity contribution in [3.63, 3.8) is 0 Å². The van der Waals surface area contributed by atoms with E-state index >= 15 is 0 Å². The number of amides is 2. The number of nitrogens with zero attached hydrogens (tertiary/aromatic N) is 1. The third-order valence-electron chi connectivity index (χ3n) is 4.42. The van der Waals surface area contributed by atoms with Gasteiger partial charge in [0, 0.05) is 25.4 Å². The summed E-state index contributed by atoms with van der Waals surface area (Å²) in [5, 5.41) is 20.0. The number of nitrogens with one attached hydrogen (secondary N) is 5. The van der Waals surface area contributed by atoms with Crippen molar-refractivity contribution in [3.05, 3.63) is 53.2 Å². The Morgan fingerprint density at radius 3 is 2.85 bits per heavy atom. The van der Waals surface area contributed by atoms with Crippen LogP contribution in [0.4, 0.5) is 16.3 Å². The number of fused-ring (bicyclic) bond motifs is 2. The summed E-state index contributed by atoms with van der Waals surface area (Å²) in [6, 6.07) is 11.3. The largest absolute Gasteiger partial charge is 0.386 e. The number of carbonyl (C=O) groups excluding carboxylic acids is 1. The summed E-state index contributed by atoms with van der Waals surface area (Å²) in [5.74, 6) is 0.434. The fourth-order valence-electron chi connectivity index (χ4n) is 3.17. The molecular weight excluding hydrogens is 328 g/mol. The van der Waals surface area contributed by atoms with Gasteiger partial charge in [-0.15, -0.1) is 0 Å². The Morgan fingerprint density at radius 1 is 1.31 bits per heavy atom. The molecule has 0 spiro atoms. The van der Waals surface area contributed by atoms with E-state index in [2.05, 4.69) is 26.3 Å². The molecule has 2 amide bonds. The molecule has 0 radical (unpaired) electrons. The third kappa shape index (κ3) is 4.18. The fourth-order valence-corrected chi connectivity index (χ4v) is 3.17. The lowest BCUT2D eigenvalue weighted by atomic mass is 10.0. The van der Waals surface area contributed by atoms with E-state index in [9.17, 15) is 4.79 Å². The molecule has 1 unspecified atom stereocenters. The first-order valence-corrected chi connectivity index (χ1v) is 8.76. The SMILES string of the molecule is CNc1c(C=N)cc2nc1CNCCCC(c1ccccc1)NC(=O)N2. The van der Waals surface area contributed by atoms with E-state index in [4.69, 9.17) is 5.41 Å². The van der Waals surface area contributed by atoms with E-state index in [0.29, 0.717) is 17.9 Å². The Balaban J connectivity index is 1.88. The molecular formula is C19H24N6O. The van der Waals surface area contributed by atoms with Crippen LogP contribution in [-0.2, 0) is 6.54 Å². The second kappa shape index (κ2) is 8.44. The molecule has 7 heteroatoms. The number of hydrogen-bond acceptors (Lipinski definition) is 5. The zero-order chi connectivity index (χ0) is 18.4. The summed E-state index contributed by atoms with van der Waals surface area (Å²) in [6.45, 7) is 1.39. The van der Waals surface area contributed by atoms with Crippen LogP contribution in [0.1, 0.15) is 35.7 Å². The summed E-state index contributed by atoms with van der Waals surface area (Å²) in [4.78, 5) is 17.0. The predicted octanol–water partition coefficient (Wildman–Crippen LogP) is 2.87. The van der Waals surface area contributed by atoms with Gasteiger partial charge in [0.15, 0.2) is 0 Å². The van der Waals surface area contributed by atoms with Crippen LogP contribution in [0.25, 0.3) is 0 Å². The number of carbonyl (C=O) groups is 1. The standard InChI is InChI=1S/C19H24N6O/c1-21-18-14(11-20)10-17-23-16(18)12-22-9-5-8-15(24-19(26)25-17)13-6-3-2-4-7-13/h2-4,6-7,10-11,15,20-22H,5,8-9,12H2,1H3,(H2,23,24,25,26). The summed E-state index contributed by atoms with van der Waals surface area (Å²) >= 11 is 0. The van der Waals surface area contributed by atoms with E-state index in [0.717, 1.165) is 36.3 Å². The second-order valence-corrected chi connectivity index (χ2v) is 6.19. The molecule has 1 atom stereocenters. The summed E-state index contributed by atoms with van der Waals surface area (Å²) < 4.78 is 0. The molecule has 0 saturated carbocycles. The van der Waals surface area contributed by atoms with Crippen LogP contribution in [-0.4, -0.2) is 30.8 Å². The van der Waals surface area contributed by atoms with Crippen LogP contribution in [0.2, 0.25) is 0 Å². The lowest BCUT2D eigenvalue weighted by Gasteiger charge is -2.21. The highest BCUT2D eigenvalue weighted by Gasteiger charge is 2.17. The average molecular weight is 352 g/mol. The van der Waals surface area contributed by atoms with Gasteiger partial charge in [0.05, 0.1) is 17.4 Å². The molecule has 2 aromatic rings. The van der Waals surface area contributed by atoms with E-state index in [1.807, 2.05) is 30.3 Å². The minimum Gasteiger partial charge on any atom is -0.386 e. The topological polar surface area (TPSA) is 102 Å². The van der Waals surface area contributed by atoms with Crippen molar-refractivity contribution in [1.29, 1.82) is 5.41 Å². The van der Waals surface area contributed by atoms with Gasteiger partial charge >= 0.3 is 6.03 Å². The van der Waals surface area contributed by atoms with Gasteiger partial charge in [-0.3, -0.25) is 5.32 Å². The number of hydrogen-bond donors (Lipinski definition) is 5. The Bertz CT molecular complexity index is 777. The zero-order valence-corrected chi connectivity index (χ0v) is 14.8. The highest BCUT2D eigenvalue weighted by molar-refractivity contribution is 5.92. The maximum atomic E-state index is 12.5.